The first-order valence-electron chi connectivity index (χ1n) is 8.08. The van der Waals surface area contributed by atoms with Crippen LogP contribution in [0.15, 0.2) is 54.7 Å². The lowest BCUT2D eigenvalue weighted by Crippen LogP contribution is -2.48. The second kappa shape index (κ2) is 6.21. The highest BCUT2D eigenvalue weighted by Crippen LogP contribution is 2.21. The van der Waals surface area contributed by atoms with Crippen LogP contribution < -0.4 is 4.90 Å². The molecule has 1 aromatic heterocycles. The summed E-state index contributed by atoms with van der Waals surface area (Å²) < 4.78 is 0. The molecule has 122 valence electrons. The Morgan fingerprint density at radius 2 is 1.71 bits per heavy atom. The molecule has 3 aromatic rings. The van der Waals surface area contributed by atoms with Crippen LogP contribution in [0.3, 0.4) is 0 Å². The van der Waals surface area contributed by atoms with E-state index in [2.05, 4.69) is 9.88 Å². The molecule has 0 saturated carbocycles. The van der Waals surface area contributed by atoms with Crippen molar-refractivity contribution in [3.63, 3.8) is 0 Å². The van der Waals surface area contributed by atoms with Gasteiger partial charge in [-0.3, -0.25) is 4.79 Å². The molecule has 1 amide bonds. The highest BCUT2D eigenvalue weighted by Gasteiger charge is 2.22. The molecule has 2 aromatic carbocycles. The van der Waals surface area contributed by atoms with Crippen molar-refractivity contribution in [3.05, 3.63) is 65.3 Å². The molecule has 1 aliphatic heterocycles. The number of fused-ring (bicyclic) bond motifs is 1. The van der Waals surface area contributed by atoms with Crippen LogP contribution in [0.5, 0.6) is 0 Å². The number of carbonyl (C=O) groups excluding carboxylic acids is 1. The number of amides is 1. The average molecular weight is 340 g/mol. The molecule has 2 heterocycles. The van der Waals surface area contributed by atoms with Gasteiger partial charge in [0.05, 0.1) is 0 Å². The summed E-state index contributed by atoms with van der Waals surface area (Å²) in [6.07, 6.45) is 1.89. The maximum Gasteiger partial charge on any atom is 0.253 e. The van der Waals surface area contributed by atoms with Crippen LogP contribution in [-0.2, 0) is 0 Å². The molecular formula is C19H18ClN3O. The Hall–Kier alpha value is -2.46. The third-order valence-electron chi connectivity index (χ3n) is 4.56. The van der Waals surface area contributed by atoms with Crippen LogP contribution in [0.1, 0.15) is 10.4 Å². The molecule has 1 saturated heterocycles. The van der Waals surface area contributed by atoms with E-state index in [-0.39, 0.29) is 5.91 Å². The van der Waals surface area contributed by atoms with Gasteiger partial charge in [0.25, 0.3) is 5.91 Å². The molecule has 1 N–H and O–H groups in total. The molecule has 4 nitrogen and oxygen atoms in total. The van der Waals surface area contributed by atoms with Crippen LogP contribution in [-0.4, -0.2) is 42.0 Å². The first kappa shape index (κ1) is 15.1. The number of nitrogens with zero attached hydrogens (tertiary/aromatic N) is 2. The van der Waals surface area contributed by atoms with Gasteiger partial charge in [-0.2, -0.15) is 0 Å². The molecular weight excluding hydrogens is 322 g/mol. The number of aromatic amines is 1. The Morgan fingerprint density at radius 3 is 2.46 bits per heavy atom. The largest absolute Gasteiger partial charge is 0.368 e. The molecule has 0 bridgehead atoms. The number of rotatable bonds is 2. The zero-order chi connectivity index (χ0) is 16.5. The summed E-state index contributed by atoms with van der Waals surface area (Å²) in [6, 6.07) is 15.7. The molecule has 4 rings (SSSR count). The number of carbonyl (C=O) groups is 1. The van der Waals surface area contributed by atoms with E-state index < -0.39 is 0 Å². The third kappa shape index (κ3) is 2.85. The number of benzene rings is 2. The van der Waals surface area contributed by atoms with Gasteiger partial charge >= 0.3 is 0 Å². The zero-order valence-electron chi connectivity index (χ0n) is 13.2. The number of aromatic nitrogens is 1. The quantitative estimate of drug-likeness (QED) is 0.771. The summed E-state index contributed by atoms with van der Waals surface area (Å²) in [6.45, 7) is 3.12. The van der Waals surface area contributed by atoms with E-state index in [1.807, 2.05) is 59.6 Å². The van der Waals surface area contributed by atoms with Gasteiger partial charge in [-0.15, -0.1) is 0 Å². The zero-order valence-corrected chi connectivity index (χ0v) is 14.0. The van der Waals surface area contributed by atoms with Crippen molar-refractivity contribution < 1.29 is 4.79 Å². The number of anilines is 1. The smallest absolute Gasteiger partial charge is 0.253 e. The minimum absolute atomic E-state index is 0.105. The predicted octanol–water partition coefficient (Wildman–Crippen LogP) is 3.78. The molecule has 5 heteroatoms. The van der Waals surface area contributed by atoms with E-state index in [0.717, 1.165) is 53.4 Å². The molecule has 1 fully saturated rings. The Bertz CT molecular complexity index is 864. The number of hydrogen-bond donors (Lipinski definition) is 1. The van der Waals surface area contributed by atoms with Gasteiger partial charge in [0.2, 0.25) is 0 Å². The van der Waals surface area contributed by atoms with Gasteiger partial charge in [0.15, 0.2) is 0 Å². The predicted molar refractivity (Wildman–Crippen MR) is 97.9 cm³/mol. The van der Waals surface area contributed by atoms with Crippen molar-refractivity contribution in [2.24, 2.45) is 0 Å². The number of H-pyrrole nitrogens is 1. The lowest BCUT2D eigenvalue weighted by atomic mass is 10.1. The first-order valence-corrected chi connectivity index (χ1v) is 8.45. The minimum Gasteiger partial charge on any atom is -0.368 e. The fourth-order valence-corrected chi connectivity index (χ4v) is 3.31. The topological polar surface area (TPSA) is 39.3 Å². The summed E-state index contributed by atoms with van der Waals surface area (Å²) in [5, 5.41) is 1.81. The van der Waals surface area contributed by atoms with Crippen molar-refractivity contribution in [2.75, 3.05) is 31.1 Å². The van der Waals surface area contributed by atoms with Gasteiger partial charge in [0, 0.05) is 59.6 Å². The fourth-order valence-electron chi connectivity index (χ4n) is 3.19. The molecule has 0 spiro atoms. The second-order valence-corrected chi connectivity index (χ2v) is 6.47. The summed E-state index contributed by atoms with van der Waals surface area (Å²) in [4.78, 5) is 20.1. The van der Waals surface area contributed by atoms with Crippen LogP contribution >= 0.6 is 11.6 Å². The minimum atomic E-state index is 0.105. The summed E-state index contributed by atoms with van der Waals surface area (Å²) >= 11 is 5.94. The lowest BCUT2D eigenvalue weighted by molar-refractivity contribution is 0.0747. The van der Waals surface area contributed by atoms with Gasteiger partial charge in [-0.25, -0.2) is 0 Å². The van der Waals surface area contributed by atoms with E-state index in [9.17, 15) is 4.79 Å². The van der Waals surface area contributed by atoms with Gasteiger partial charge < -0.3 is 14.8 Å². The standard InChI is InChI=1S/C19H18ClN3O/c20-16-2-4-17(5-3-16)22-9-11-23(12-10-22)19(24)15-1-6-18-14(13-15)7-8-21-18/h1-8,13,21H,9-12H2. The molecule has 0 unspecified atom stereocenters. The average Bonchev–Trinajstić information content (AvgIpc) is 3.09. The second-order valence-electron chi connectivity index (χ2n) is 6.04. The maximum atomic E-state index is 12.7. The van der Waals surface area contributed by atoms with Gasteiger partial charge in [-0.1, -0.05) is 11.6 Å². The third-order valence-corrected chi connectivity index (χ3v) is 4.81. The molecule has 0 atom stereocenters. The van der Waals surface area contributed by atoms with E-state index >= 15 is 0 Å². The van der Waals surface area contributed by atoms with Crippen LogP contribution in [0.4, 0.5) is 5.69 Å². The molecule has 0 aliphatic carbocycles. The lowest BCUT2D eigenvalue weighted by Gasteiger charge is -2.36. The summed E-state index contributed by atoms with van der Waals surface area (Å²) in [5.41, 5.74) is 2.96. The van der Waals surface area contributed by atoms with Crippen LogP contribution in [0, 0.1) is 0 Å². The monoisotopic (exact) mass is 339 g/mol. The Balaban J connectivity index is 1.44. The Kier molecular flexibility index (Phi) is 3.90. The van der Waals surface area contributed by atoms with Crippen molar-refractivity contribution in [1.82, 2.24) is 9.88 Å². The van der Waals surface area contributed by atoms with E-state index in [1.54, 1.807) is 0 Å². The van der Waals surface area contributed by atoms with E-state index in [0.29, 0.717) is 0 Å². The number of halogens is 1. The maximum absolute atomic E-state index is 12.7. The van der Waals surface area contributed by atoms with Crippen LogP contribution in [0.2, 0.25) is 5.02 Å². The van der Waals surface area contributed by atoms with E-state index in [4.69, 9.17) is 11.6 Å². The Labute approximate surface area is 145 Å². The fraction of sp³-hybridized carbons (Fsp3) is 0.211. The summed E-state index contributed by atoms with van der Waals surface area (Å²) in [5.74, 6) is 0.105. The highest BCUT2D eigenvalue weighted by atomic mass is 35.5. The Morgan fingerprint density at radius 1 is 0.958 bits per heavy atom. The summed E-state index contributed by atoms with van der Waals surface area (Å²) in [7, 11) is 0. The van der Waals surface area contributed by atoms with Crippen molar-refractivity contribution >= 4 is 34.1 Å². The SMILES string of the molecule is O=C(c1ccc2[nH]ccc2c1)N1CCN(c2ccc(Cl)cc2)CC1. The molecule has 1 aliphatic rings. The number of piperazine rings is 1. The van der Waals surface area contributed by atoms with Crippen molar-refractivity contribution in [1.29, 1.82) is 0 Å². The molecule has 0 radical (unpaired) electrons. The normalized spacial score (nSPS) is 15.0. The number of nitrogens with one attached hydrogen (secondary N) is 1. The highest BCUT2D eigenvalue weighted by molar-refractivity contribution is 6.30. The van der Waals surface area contributed by atoms with Crippen molar-refractivity contribution in [2.45, 2.75) is 0 Å². The molecule has 24 heavy (non-hydrogen) atoms. The van der Waals surface area contributed by atoms with Gasteiger partial charge in [0.1, 0.15) is 0 Å². The first-order chi connectivity index (χ1) is 11.7. The van der Waals surface area contributed by atoms with Crippen LogP contribution in [0.25, 0.3) is 10.9 Å². The number of hydrogen-bond acceptors (Lipinski definition) is 2. The van der Waals surface area contributed by atoms with Gasteiger partial charge in [-0.05, 0) is 48.5 Å². The van der Waals surface area contributed by atoms with Crippen molar-refractivity contribution in [3.8, 4) is 0 Å². The van der Waals surface area contributed by atoms with E-state index in [1.165, 1.54) is 0 Å².